The molecule has 0 unspecified atom stereocenters. The Kier molecular flexibility index (Phi) is 2.89. The van der Waals surface area contributed by atoms with Gasteiger partial charge in [-0.25, -0.2) is 0 Å². The van der Waals surface area contributed by atoms with Crippen LogP contribution in [-0.4, -0.2) is 9.97 Å². The van der Waals surface area contributed by atoms with E-state index in [0.29, 0.717) is 5.56 Å². The van der Waals surface area contributed by atoms with Crippen LogP contribution in [0.15, 0.2) is 54.9 Å². The van der Waals surface area contributed by atoms with Crippen LogP contribution in [0, 0.1) is 0 Å². The number of nitrogens with zero attached hydrogens (tertiary/aromatic N) is 2. The molecule has 0 saturated heterocycles. The predicted octanol–water partition coefficient (Wildman–Crippen LogP) is 4.32. The van der Waals surface area contributed by atoms with Gasteiger partial charge in [-0.3, -0.25) is 9.97 Å². The van der Waals surface area contributed by atoms with E-state index in [4.69, 9.17) is 0 Å². The van der Waals surface area contributed by atoms with E-state index in [1.807, 2.05) is 30.3 Å². The van der Waals surface area contributed by atoms with Crippen molar-refractivity contribution in [3.8, 4) is 11.1 Å². The molecule has 20 heavy (non-hydrogen) atoms. The first-order valence-electron chi connectivity index (χ1n) is 5.92. The van der Waals surface area contributed by atoms with Crippen molar-refractivity contribution >= 4 is 10.9 Å². The van der Waals surface area contributed by atoms with Crippen LogP contribution in [0.4, 0.5) is 13.2 Å². The van der Waals surface area contributed by atoms with E-state index in [9.17, 15) is 13.2 Å². The van der Waals surface area contributed by atoms with Gasteiger partial charge in [-0.2, -0.15) is 13.2 Å². The second kappa shape index (κ2) is 4.59. The fourth-order valence-corrected chi connectivity index (χ4v) is 1.99. The number of rotatable bonds is 1. The first-order chi connectivity index (χ1) is 9.54. The Morgan fingerprint density at radius 1 is 0.850 bits per heavy atom. The molecule has 2 nitrogen and oxygen atoms in total. The summed E-state index contributed by atoms with van der Waals surface area (Å²) in [6, 6.07) is 11.7. The number of hydrogen-bond donors (Lipinski definition) is 0. The third kappa shape index (κ3) is 2.34. The van der Waals surface area contributed by atoms with Gasteiger partial charge >= 0.3 is 6.18 Å². The Hall–Kier alpha value is -2.43. The molecule has 0 N–H and O–H groups in total. The Labute approximate surface area is 112 Å². The highest BCUT2D eigenvalue weighted by atomic mass is 19.4. The lowest BCUT2D eigenvalue weighted by Gasteiger charge is -2.07. The highest BCUT2D eigenvalue weighted by molar-refractivity contribution is 5.84. The molecule has 3 rings (SSSR count). The first kappa shape index (κ1) is 12.6. The van der Waals surface area contributed by atoms with E-state index in [2.05, 4.69) is 9.97 Å². The maximum atomic E-state index is 12.5. The third-order valence-corrected chi connectivity index (χ3v) is 2.99. The molecule has 0 amide bonds. The normalized spacial score (nSPS) is 11.8. The van der Waals surface area contributed by atoms with Crippen LogP contribution < -0.4 is 0 Å². The minimum atomic E-state index is -4.41. The molecule has 2 aromatic heterocycles. The van der Waals surface area contributed by atoms with E-state index in [-0.39, 0.29) is 0 Å². The lowest BCUT2D eigenvalue weighted by molar-refractivity contribution is -0.141. The lowest BCUT2D eigenvalue weighted by atomic mass is 10.0. The number of alkyl halides is 3. The zero-order chi connectivity index (χ0) is 14.2. The molecule has 0 atom stereocenters. The molecule has 0 fully saturated rings. The van der Waals surface area contributed by atoms with Crippen LogP contribution >= 0.6 is 0 Å². The van der Waals surface area contributed by atoms with Crippen LogP contribution in [0.25, 0.3) is 22.0 Å². The molecule has 0 radical (unpaired) electrons. The van der Waals surface area contributed by atoms with Gasteiger partial charge in [-0.15, -0.1) is 0 Å². The zero-order valence-electron chi connectivity index (χ0n) is 10.2. The third-order valence-electron chi connectivity index (χ3n) is 2.99. The summed E-state index contributed by atoms with van der Waals surface area (Å²) >= 11 is 0. The molecule has 3 aromatic rings. The standard InChI is InChI=1S/C15H9F3N2/c16-15(17,18)14-6-4-12(9-20-14)10-3-5-13-11(8-10)2-1-7-19-13/h1-9H. The van der Waals surface area contributed by atoms with Crippen molar-refractivity contribution in [1.82, 2.24) is 9.97 Å². The second-order valence-corrected chi connectivity index (χ2v) is 4.34. The molecule has 0 spiro atoms. The van der Waals surface area contributed by atoms with Crippen molar-refractivity contribution in [1.29, 1.82) is 0 Å². The average molecular weight is 274 g/mol. The van der Waals surface area contributed by atoms with Gasteiger partial charge in [-0.05, 0) is 29.8 Å². The van der Waals surface area contributed by atoms with Crippen molar-refractivity contribution in [2.45, 2.75) is 6.18 Å². The van der Waals surface area contributed by atoms with Gasteiger partial charge < -0.3 is 0 Å². The van der Waals surface area contributed by atoms with Gasteiger partial charge in [0.1, 0.15) is 5.69 Å². The van der Waals surface area contributed by atoms with Gasteiger partial charge in [-0.1, -0.05) is 18.2 Å². The van der Waals surface area contributed by atoms with Gasteiger partial charge in [0.2, 0.25) is 0 Å². The predicted molar refractivity (Wildman–Crippen MR) is 70.0 cm³/mol. The Balaban J connectivity index is 2.02. The van der Waals surface area contributed by atoms with E-state index < -0.39 is 11.9 Å². The van der Waals surface area contributed by atoms with Crippen molar-refractivity contribution in [2.24, 2.45) is 0 Å². The van der Waals surface area contributed by atoms with Crippen LogP contribution in [0.2, 0.25) is 0 Å². The van der Waals surface area contributed by atoms with E-state index in [0.717, 1.165) is 22.5 Å². The van der Waals surface area contributed by atoms with Crippen LogP contribution in [0.5, 0.6) is 0 Å². The number of halogens is 3. The molecule has 0 bridgehead atoms. The van der Waals surface area contributed by atoms with Crippen LogP contribution in [-0.2, 0) is 6.18 Å². The summed E-state index contributed by atoms with van der Waals surface area (Å²) in [5, 5.41) is 0.935. The fraction of sp³-hybridized carbons (Fsp3) is 0.0667. The van der Waals surface area contributed by atoms with Gasteiger partial charge in [0.05, 0.1) is 5.52 Å². The molecule has 2 heterocycles. The molecule has 0 aliphatic rings. The molecule has 0 saturated carbocycles. The molecule has 1 aromatic carbocycles. The zero-order valence-corrected chi connectivity index (χ0v) is 10.2. The van der Waals surface area contributed by atoms with Crippen molar-refractivity contribution in [3.05, 3.63) is 60.6 Å². The lowest BCUT2D eigenvalue weighted by Crippen LogP contribution is -2.07. The molecule has 0 aliphatic heterocycles. The van der Waals surface area contributed by atoms with Crippen molar-refractivity contribution < 1.29 is 13.2 Å². The highest BCUT2D eigenvalue weighted by Gasteiger charge is 2.32. The fourth-order valence-electron chi connectivity index (χ4n) is 1.99. The van der Waals surface area contributed by atoms with E-state index in [1.54, 1.807) is 6.20 Å². The van der Waals surface area contributed by atoms with E-state index in [1.165, 1.54) is 12.3 Å². The summed E-state index contributed by atoms with van der Waals surface area (Å²) in [4.78, 5) is 7.66. The van der Waals surface area contributed by atoms with Crippen LogP contribution in [0.1, 0.15) is 5.69 Å². The minimum absolute atomic E-state index is 0.642. The Morgan fingerprint density at radius 3 is 2.35 bits per heavy atom. The second-order valence-electron chi connectivity index (χ2n) is 4.34. The SMILES string of the molecule is FC(F)(F)c1ccc(-c2ccc3ncccc3c2)cn1. The monoisotopic (exact) mass is 274 g/mol. The van der Waals surface area contributed by atoms with Crippen molar-refractivity contribution in [2.75, 3.05) is 0 Å². The summed E-state index contributed by atoms with van der Waals surface area (Å²) < 4.78 is 37.4. The highest BCUT2D eigenvalue weighted by Crippen LogP contribution is 2.29. The Bertz CT molecular complexity index is 749. The summed E-state index contributed by atoms with van der Waals surface area (Å²) in [6.45, 7) is 0. The average Bonchev–Trinajstić information content (AvgIpc) is 2.46. The topological polar surface area (TPSA) is 25.8 Å². The summed E-state index contributed by atoms with van der Waals surface area (Å²) in [5.74, 6) is 0. The smallest absolute Gasteiger partial charge is 0.256 e. The number of benzene rings is 1. The molecule has 0 aliphatic carbocycles. The summed E-state index contributed by atoms with van der Waals surface area (Å²) in [5.41, 5.74) is 1.41. The number of fused-ring (bicyclic) bond motifs is 1. The largest absolute Gasteiger partial charge is 0.433 e. The maximum absolute atomic E-state index is 12.5. The number of pyridine rings is 2. The number of aromatic nitrogens is 2. The molecule has 100 valence electrons. The summed E-state index contributed by atoms with van der Waals surface area (Å²) in [6.07, 6.45) is -1.48. The van der Waals surface area contributed by atoms with Crippen LogP contribution in [0.3, 0.4) is 0 Å². The summed E-state index contributed by atoms with van der Waals surface area (Å²) in [7, 11) is 0. The van der Waals surface area contributed by atoms with Gasteiger partial charge in [0.25, 0.3) is 0 Å². The van der Waals surface area contributed by atoms with Gasteiger partial charge in [0, 0.05) is 23.3 Å². The first-order valence-corrected chi connectivity index (χ1v) is 5.92. The minimum Gasteiger partial charge on any atom is -0.256 e. The molecule has 5 heteroatoms. The van der Waals surface area contributed by atoms with E-state index >= 15 is 0 Å². The van der Waals surface area contributed by atoms with Gasteiger partial charge in [0.15, 0.2) is 0 Å². The molecular weight excluding hydrogens is 265 g/mol. The molecular formula is C15H9F3N2. The quantitative estimate of drug-likeness (QED) is 0.660. The maximum Gasteiger partial charge on any atom is 0.433 e. The number of hydrogen-bond acceptors (Lipinski definition) is 2. The van der Waals surface area contributed by atoms with Crippen molar-refractivity contribution in [3.63, 3.8) is 0 Å². The Morgan fingerprint density at radius 2 is 1.65 bits per heavy atom.